The highest BCUT2D eigenvalue weighted by Gasteiger charge is 2.18. The van der Waals surface area contributed by atoms with Crippen molar-refractivity contribution in [2.24, 2.45) is 5.73 Å². The first-order valence-corrected chi connectivity index (χ1v) is 11.5. The Morgan fingerprint density at radius 1 is 0.943 bits per heavy atom. The largest absolute Gasteiger partial charge is 0.497 e. The normalized spacial score (nSPS) is 10.6. The molecule has 0 saturated carbocycles. The van der Waals surface area contributed by atoms with E-state index >= 15 is 0 Å². The number of rotatable bonds is 9. The molecule has 0 saturated heterocycles. The molecule has 0 fully saturated rings. The molecule has 1 heterocycles. The van der Waals surface area contributed by atoms with E-state index in [1.165, 1.54) is 11.8 Å². The molecule has 3 aromatic carbocycles. The van der Waals surface area contributed by atoms with E-state index in [-0.39, 0.29) is 11.7 Å². The van der Waals surface area contributed by atoms with Crippen molar-refractivity contribution in [3.63, 3.8) is 0 Å². The Labute approximate surface area is 206 Å². The van der Waals surface area contributed by atoms with Crippen LogP contribution in [0.4, 0.5) is 5.69 Å². The molecule has 178 valence electrons. The molecule has 4 rings (SSSR count). The minimum Gasteiger partial charge on any atom is -0.497 e. The minimum absolute atomic E-state index is 0.101. The second-order valence-electron chi connectivity index (χ2n) is 7.35. The van der Waals surface area contributed by atoms with E-state index in [1.54, 1.807) is 38.5 Å². The predicted molar refractivity (Wildman–Crippen MR) is 134 cm³/mol. The summed E-state index contributed by atoms with van der Waals surface area (Å²) in [6.45, 7) is 0. The van der Waals surface area contributed by atoms with Gasteiger partial charge in [-0.25, -0.2) is 0 Å². The number of primary amides is 1. The summed E-state index contributed by atoms with van der Waals surface area (Å²) in [6, 6.07) is 21.4. The predicted octanol–water partition coefficient (Wildman–Crippen LogP) is 3.78. The van der Waals surface area contributed by atoms with Gasteiger partial charge in [0, 0.05) is 22.5 Å². The van der Waals surface area contributed by atoms with Gasteiger partial charge < -0.3 is 20.5 Å². The number of hydrogen-bond donors (Lipinski definition) is 2. The number of carbonyl (C=O) groups excluding carboxylic acids is 2. The quantitative estimate of drug-likeness (QED) is 0.343. The molecule has 0 bridgehead atoms. The molecule has 0 radical (unpaired) electrons. The molecule has 0 spiro atoms. The summed E-state index contributed by atoms with van der Waals surface area (Å²) in [7, 11) is 3.21. The van der Waals surface area contributed by atoms with E-state index in [1.807, 2.05) is 53.1 Å². The Morgan fingerprint density at radius 2 is 1.66 bits per heavy atom. The molecule has 4 aromatic rings. The second kappa shape index (κ2) is 10.7. The average Bonchev–Trinajstić information content (AvgIpc) is 3.32. The van der Waals surface area contributed by atoms with Crippen molar-refractivity contribution in [3.8, 4) is 28.6 Å². The van der Waals surface area contributed by atoms with Gasteiger partial charge in [0.25, 0.3) is 0 Å². The highest BCUT2D eigenvalue weighted by Crippen LogP contribution is 2.30. The number of nitrogens with two attached hydrogens (primary N) is 1. The van der Waals surface area contributed by atoms with Crippen LogP contribution in [0, 0.1) is 0 Å². The molecule has 2 amide bonds. The van der Waals surface area contributed by atoms with E-state index in [0.29, 0.717) is 28.0 Å². The number of nitrogens with zero attached hydrogens (tertiary/aromatic N) is 3. The fourth-order valence-corrected chi connectivity index (χ4v) is 4.07. The van der Waals surface area contributed by atoms with Crippen LogP contribution in [-0.2, 0) is 4.79 Å². The molecule has 9 nitrogen and oxygen atoms in total. The zero-order chi connectivity index (χ0) is 24.8. The van der Waals surface area contributed by atoms with Gasteiger partial charge in [0.05, 0.1) is 20.0 Å². The number of benzene rings is 3. The lowest BCUT2D eigenvalue weighted by Crippen LogP contribution is -2.15. The van der Waals surface area contributed by atoms with Crippen molar-refractivity contribution in [1.29, 1.82) is 0 Å². The van der Waals surface area contributed by atoms with Crippen LogP contribution in [-0.4, -0.2) is 46.6 Å². The summed E-state index contributed by atoms with van der Waals surface area (Å²) < 4.78 is 12.5. The third-order valence-corrected chi connectivity index (χ3v) is 6.01. The molecule has 0 aliphatic rings. The van der Waals surface area contributed by atoms with Crippen molar-refractivity contribution in [2.75, 3.05) is 25.3 Å². The van der Waals surface area contributed by atoms with Gasteiger partial charge in [-0.2, -0.15) is 0 Å². The highest BCUT2D eigenvalue weighted by molar-refractivity contribution is 7.99. The SMILES string of the molecule is COc1ccc(-n2c(SCC(=O)Nc3ccc(C(N)=O)cc3)nnc2-c2cccc(OC)c2)cc1. The smallest absolute Gasteiger partial charge is 0.248 e. The zero-order valence-electron chi connectivity index (χ0n) is 19.1. The van der Waals surface area contributed by atoms with Gasteiger partial charge in [0.1, 0.15) is 11.5 Å². The molecule has 0 aliphatic carbocycles. The fourth-order valence-electron chi connectivity index (χ4n) is 3.32. The standard InChI is InChI=1S/C25H23N5O4S/c1-33-20-12-10-19(11-13-20)30-24(17-4-3-5-21(14-17)34-2)28-29-25(30)35-15-22(31)27-18-8-6-16(7-9-18)23(26)32/h3-14H,15H2,1-2H3,(H2,26,32)(H,27,31). The van der Waals surface area contributed by atoms with Crippen molar-refractivity contribution in [1.82, 2.24) is 14.8 Å². The monoisotopic (exact) mass is 489 g/mol. The van der Waals surface area contributed by atoms with Crippen LogP contribution in [0.5, 0.6) is 11.5 Å². The molecule has 0 unspecified atom stereocenters. The lowest BCUT2D eigenvalue weighted by Gasteiger charge is -2.12. The first-order chi connectivity index (χ1) is 17.0. The van der Waals surface area contributed by atoms with Gasteiger partial charge >= 0.3 is 0 Å². The van der Waals surface area contributed by atoms with E-state index in [0.717, 1.165) is 17.0 Å². The Morgan fingerprint density at radius 3 is 2.31 bits per heavy atom. The van der Waals surface area contributed by atoms with Crippen LogP contribution in [0.3, 0.4) is 0 Å². The lowest BCUT2D eigenvalue weighted by molar-refractivity contribution is -0.113. The highest BCUT2D eigenvalue weighted by atomic mass is 32.2. The molecule has 10 heteroatoms. The number of hydrogen-bond acceptors (Lipinski definition) is 7. The maximum Gasteiger partial charge on any atom is 0.248 e. The number of carbonyl (C=O) groups is 2. The van der Waals surface area contributed by atoms with Gasteiger partial charge in [-0.1, -0.05) is 23.9 Å². The second-order valence-corrected chi connectivity index (χ2v) is 8.29. The van der Waals surface area contributed by atoms with Gasteiger partial charge in [-0.05, 0) is 60.7 Å². The van der Waals surface area contributed by atoms with E-state index < -0.39 is 5.91 Å². The van der Waals surface area contributed by atoms with Gasteiger partial charge in [-0.3, -0.25) is 14.2 Å². The van der Waals surface area contributed by atoms with Crippen molar-refractivity contribution in [2.45, 2.75) is 5.16 Å². The molecule has 35 heavy (non-hydrogen) atoms. The summed E-state index contributed by atoms with van der Waals surface area (Å²) in [5.41, 5.74) is 7.83. The summed E-state index contributed by atoms with van der Waals surface area (Å²) in [5.74, 6) is 1.38. The van der Waals surface area contributed by atoms with E-state index in [2.05, 4.69) is 15.5 Å². The fraction of sp³-hybridized carbons (Fsp3) is 0.120. The zero-order valence-corrected chi connectivity index (χ0v) is 19.9. The summed E-state index contributed by atoms with van der Waals surface area (Å²) in [5, 5.41) is 12.1. The van der Waals surface area contributed by atoms with Gasteiger partial charge in [0.15, 0.2) is 11.0 Å². The first-order valence-electron chi connectivity index (χ1n) is 10.6. The Hall–Kier alpha value is -4.31. The molecular formula is C25H23N5O4S. The average molecular weight is 490 g/mol. The van der Waals surface area contributed by atoms with Crippen LogP contribution in [0.25, 0.3) is 17.1 Å². The number of amides is 2. The number of ether oxygens (including phenoxy) is 2. The maximum atomic E-state index is 12.6. The van der Waals surface area contributed by atoms with E-state index in [9.17, 15) is 9.59 Å². The number of anilines is 1. The summed E-state index contributed by atoms with van der Waals surface area (Å²) >= 11 is 1.25. The van der Waals surface area contributed by atoms with Crippen molar-refractivity contribution in [3.05, 3.63) is 78.4 Å². The van der Waals surface area contributed by atoms with Crippen LogP contribution < -0.4 is 20.5 Å². The Kier molecular flexibility index (Phi) is 7.32. The van der Waals surface area contributed by atoms with Crippen LogP contribution in [0.2, 0.25) is 0 Å². The van der Waals surface area contributed by atoms with Gasteiger partial charge in [0.2, 0.25) is 11.8 Å². The first kappa shape index (κ1) is 23.8. The third-order valence-electron chi connectivity index (χ3n) is 5.08. The Bertz CT molecular complexity index is 1340. The number of thioether (sulfide) groups is 1. The minimum atomic E-state index is -0.525. The van der Waals surface area contributed by atoms with Crippen LogP contribution in [0.15, 0.2) is 78.0 Å². The molecule has 3 N–H and O–H groups in total. The Balaban J connectivity index is 1.58. The van der Waals surface area contributed by atoms with Crippen molar-refractivity contribution >= 4 is 29.3 Å². The molecule has 1 aromatic heterocycles. The maximum absolute atomic E-state index is 12.6. The number of aromatic nitrogens is 3. The van der Waals surface area contributed by atoms with E-state index in [4.69, 9.17) is 15.2 Å². The topological polar surface area (TPSA) is 121 Å². The molecular weight excluding hydrogens is 466 g/mol. The van der Waals surface area contributed by atoms with Crippen LogP contribution in [0.1, 0.15) is 10.4 Å². The summed E-state index contributed by atoms with van der Waals surface area (Å²) in [4.78, 5) is 23.8. The third kappa shape index (κ3) is 5.61. The molecule has 0 atom stereocenters. The van der Waals surface area contributed by atoms with Crippen molar-refractivity contribution < 1.29 is 19.1 Å². The van der Waals surface area contributed by atoms with Gasteiger partial charge in [-0.15, -0.1) is 10.2 Å². The summed E-state index contributed by atoms with van der Waals surface area (Å²) in [6.07, 6.45) is 0. The number of methoxy groups -OCH3 is 2. The number of nitrogens with one attached hydrogen (secondary N) is 1. The van der Waals surface area contributed by atoms with Crippen LogP contribution >= 0.6 is 11.8 Å². The molecule has 0 aliphatic heterocycles. The lowest BCUT2D eigenvalue weighted by atomic mass is 10.2.